The van der Waals surface area contributed by atoms with Crippen LogP contribution in [0.2, 0.25) is 0 Å². The highest BCUT2D eigenvalue weighted by molar-refractivity contribution is 9.10. The lowest BCUT2D eigenvalue weighted by molar-refractivity contribution is -0.128. The normalized spacial score (nSPS) is 16.7. The number of aliphatic imine (C=N–C) groups is 1. The molecule has 0 fully saturated rings. The summed E-state index contributed by atoms with van der Waals surface area (Å²) in [5, 5.41) is 16.1. The molecule has 5 rings (SSSR count). The number of rotatable bonds is 15. The molecular formula is C36H36BrN5O6. The minimum atomic E-state index is -1.49. The number of nitrogens with one attached hydrogen (secondary N) is 1. The molecule has 2 atom stereocenters. The van der Waals surface area contributed by atoms with Crippen LogP contribution in [0.5, 0.6) is 17.2 Å². The van der Waals surface area contributed by atoms with Crippen molar-refractivity contribution in [2.45, 2.75) is 30.9 Å². The number of amides is 1. The van der Waals surface area contributed by atoms with Crippen LogP contribution in [-0.2, 0) is 22.4 Å². The van der Waals surface area contributed by atoms with E-state index in [1.807, 2.05) is 66.7 Å². The van der Waals surface area contributed by atoms with Crippen molar-refractivity contribution in [3.63, 3.8) is 0 Å². The Morgan fingerprint density at radius 1 is 1.04 bits per heavy atom. The Morgan fingerprint density at radius 3 is 2.52 bits per heavy atom. The first-order valence-electron chi connectivity index (χ1n) is 15.4. The average molecular weight is 715 g/mol. The van der Waals surface area contributed by atoms with Crippen LogP contribution in [-0.4, -0.2) is 56.4 Å². The van der Waals surface area contributed by atoms with Gasteiger partial charge >= 0.3 is 0 Å². The lowest BCUT2D eigenvalue weighted by atomic mass is 9.81. The van der Waals surface area contributed by atoms with Crippen LogP contribution in [0.25, 0.3) is 10.4 Å². The molecule has 0 bridgehead atoms. The van der Waals surface area contributed by atoms with E-state index in [1.165, 1.54) is 0 Å². The number of carbonyl (C=O) groups excluding carboxylic acids is 1. The predicted molar refractivity (Wildman–Crippen MR) is 186 cm³/mol. The molecule has 0 saturated carbocycles. The number of benzene rings is 4. The van der Waals surface area contributed by atoms with Gasteiger partial charge in [-0.25, -0.2) is 4.99 Å². The molecule has 1 aliphatic heterocycles. The summed E-state index contributed by atoms with van der Waals surface area (Å²) >= 11 is 3.67. The SMILES string of the molecule is COc1ccc(CCNC(=O)[C@]2(Cc3ccccc3N=[N+]=[N-])N=C(c3ccc(OCCCO)cc3)O[C@@H]2c2ccccc2Br)cc1OC. The van der Waals surface area contributed by atoms with E-state index in [0.717, 1.165) is 15.6 Å². The van der Waals surface area contributed by atoms with Gasteiger partial charge in [0, 0.05) is 52.2 Å². The van der Waals surface area contributed by atoms with Crippen molar-refractivity contribution in [3.05, 3.63) is 128 Å². The van der Waals surface area contributed by atoms with Crippen LogP contribution in [0.1, 0.15) is 34.8 Å². The Kier molecular flexibility index (Phi) is 11.6. The lowest BCUT2D eigenvalue weighted by Gasteiger charge is -2.31. The van der Waals surface area contributed by atoms with Gasteiger partial charge in [-0.1, -0.05) is 69.6 Å². The van der Waals surface area contributed by atoms with Gasteiger partial charge in [0.25, 0.3) is 5.91 Å². The maximum absolute atomic E-state index is 14.6. The molecule has 0 unspecified atom stereocenters. The van der Waals surface area contributed by atoms with E-state index in [0.29, 0.717) is 60.1 Å². The number of aliphatic hydroxyl groups excluding tert-OH is 1. The van der Waals surface area contributed by atoms with Crippen molar-refractivity contribution in [1.29, 1.82) is 0 Å². The van der Waals surface area contributed by atoms with Crippen LogP contribution in [0, 0.1) is 0 Å². The van der Waals surface area contributed by atoms with Crippen molar-refractivity contribution < 1.29 is 28.8 Å². The maximum atomic E-state index is 14.6. The molecule has 0 aliphatic carbocycles. The number of hydrogen-bond donors (Lipinski definition) is 2. The smallest absolute Gasteiger partial charge is 0.252 e. The number of carbonyl (C=O) groups is 1. The number of methoxy groups -OCH3 is 2. The molecule has 48 heavy (non-hydrogen) atoms. The third-order valence-electron chi connectivity index (χ3n) is 7.97. The molecule has 4 aromatic carbocycles. The number of nitrogens with zero attached hydrogens (tertiary/aromatic N) is 4. The van der Waals surface area contributed by atoms with Crippen molar-refractivity contribution >= 4 is 33.4 Å². The molecule has 4 aromatic rings. The topological polar surface area (TPSA) is 147 Å². The fourth-order valence-corrected chi connectivity index (χ4v) is 6.05. The standard InChI is InChI=1S/C36H36BrN5O6/c1-45-31-17-12-24(22-32(31)46-2)18-19-39-35(44)36(23-26-8-3-6-11-30(26)41-42-38)33(28-9-4-5-10-29(28)37)48-34(40-36)25-13-15-27(16-14-25)47-21-7-20-43/h3-6,8-17,22,33,43H,7,18-21,23H2,1-2H3,(H,39,44)/t33-,36-/m1/s1. The predicted octanol–water partition coefficient (Wildman–Crippen LogP) is 7.03. The molecule has 0 aromatic heterocycles. The first-order valence-corrected chi connectivity index (χ1v) is 16.2. The summed E-state index contributed by atoms with van der Waals surface area (Å²) in [6.45, 7) is 0.733. The van der Waals surface area contributed by atoms with Crippen LogP contribution < -0.4 is 19.5 Å². The number of halogens is 1. The molecule has 11 nitrogen and oxygen atoms in total. The van der Waals surface area contributed by atoms with E-state index < -0.39 is 11.6 Å². The van der Waals surface area contributed by atoms with Gasteiger partial charge in [-0.2, -0.15) is 0 Å². The van der Waals surface area contributed by atoms with E-state index in [2.05, 4.69) is 31.3 Å². The summed E-state index contributed by atoms with van der Waals surface area (Å²) < 4.78 is 23.9. The molecule has 1 heterocycles. The van der Waals surface area contributed by atoms with E-state index >= 15 is 0 Å². The molecule has 2 N–H and O–H groups in total. The van der Waals surface area contributed by atoms with Crippen LogP contribution in [0.3, 0.4) is 0 Å². The highest BCUT2D eigenvalue weighted by Crippen LogP contribution is 2.45. The largest absolute Gasteiger partial charge is 0.494 e. The quantitative estimate of drug-likeness (QED) is 0.0585. The van der Waals surface area contributed by atoms with Gasteiger partial charge in [0.2, 0.25) is 5.90 Å². The number of aliphatic hydroxyl groups is 1. The molecule has 1 amide bonds. The Labute approximate surface area is 287 Å². The molecular weight excluding hydrogens is 678 g/mol. The lowest BCUT2D eigenvalue weighted by Crippen LogP contribution is -2.50. The first kappa shape index (κ1) is 34.3. The fraction of sp³-hybridized carbons (Fsp3) is 0.278. The first-order chi connectivity index (χ1) is 23.4. The number of ether oxygens (including phenoxy) is 4. The summed E-state index contributed by atoms with van der Waals surface area (Å²) in [5.74, 6) is 1.79. The highest BCUT2D eigenvalue weighted by atomic mass is 79.9. The van der Waals surface area contributed by atoms with Gasteiger partial charge in [-0.3, -0.25) is 4.79 Å². The minimum Gasteiger partial charge on any atom is -0.494 e. The van der Waals surface area contributed by atoms with Crippen molar-refractivity contribution in [3.8, 4) is 17.2 Å². The fourth-order valence-electron chi connectivity index (χ4n) is 5.55. The zero-order chi connectivity index (χ0) is 33.9. The van der Waals surface area contributed by atoms with Gasteiger partial charge in [-0.15, -0.1) is 0 Å². The number of azide groups is 1. The van der Waals surface area contributed by atoms with Crippen molar-refractivity contribution in [2.75, 3.05) is 34.0 Å². The summed E-state index contributed by atoms with van der Waals surface area (Å²) in [6, 6.07) is 27.6. The second kappa shape index (κ2) is 16.2. The molecule has 1 aliphatic rings. The monoisotopic (exact) mass is 713 g/mol. The summed E-state index contributed by atoms with van der Waals surface area (Å²) in [7, 11) is 3.16. The van der Waals surface area contributed by atoms with E-state index in [9.17, 15) is 10.3 Å². The van der Waals surface area contributed by atoms with Gasteiger partial charge in [-0.05, 0) is 65.5 Å². The molecule has 0 spiro atoms. The van der Waals surface area contributed by atoms with Gasteiger partial charge < -0.3 is 29.4 Å². The Morgan fingerprint density at radius 2 is 1.79 bits per heavy atom. The Hall–Kier alpha value is -5.03. The minimum absolute atomic E-state index is 0.0421. The van der Waals surface area contributed by atoms with Crippen LogP contribution in [0.4, 0.5) is 5.69 Å². The zero-order valence-corrected chi connectivity index (χ0v) is 28.2. The van der Waals surface area contributed by atoms with Crippen molar-refractivity contribution in [1.82, 2.24) is 5.32 Å². The summed E-state index contributed by atoms with van der Waals surface area (Å²) in [4.78, 5) is 22.7. The Bertz CT molecular complexity index is 1810. The second-order valence-corrected chi connectivity index (χ2v) is 11.9. The van der Waals surface area contributed by atoms with E-state index in [4.69, 9.17) is 29.0 Å². The van der Waals surface area contributed by atoms with Gasteiger partial charge in [0.15, 0.2) is 23.1 Å². The second-order valence-electron chi connectivity index (χ2n) is 11.0. The van der Waals surface area contributed by atoms with E-state index in [1.54, 1.807) is 38.5 Å². The highest BCUT2D eigenvalue weighted by Gasteiger charge is 2.54. The summed E-state index contributed by atoms with van der Waals surface area (Å²) in [6.07, 6.45) is 0.282. The number of hydrogen-bond acceptors (Lipinski definition) is 8. The maximum Gasteiger partial charge on any atom is 0.252 e. The molecule has 0 saturated heterocycles. The van der Waals surface area contributed by atoms with E-state index in [-0.39, 0.29) is 24.8 Å². The molecule has 0 radical (unpaired) electrons. The molecule has 248 valence electrons. The molecule has 12 heteroatoms. The van der Waals surface area contributed by atoms with Gasteiger partial charge in [0.1, 0.15) is 5.75 Å². The van der Waals surface area contributed by atoms with Gasteiger partial charge in [0.05, 0.1) is 20.8 Å². The van der Waals surface area contributed by atoms with Crippen molar-refractivity contribution in [2.24, 2.45) is 10.1 Å². The third-order valence-corrected chi connectivity index (χ3v) is 8.69. The average Bonchev–Trinajstić information content (AvgIpc) is 3.49. The summed E-state index contributed by atoms with van der Waals surface area (Å²) in [5.41, 5.74) is 11.2. The Balaban J connectivity index is 1.55. The third kappa shape index (κ3) is 7.74. The van der Waals surface area contributed by atoms with Crippen LogP contribution >= 0.6 is 15.9 Å². The van der Waals surface area contributed by atoms with Crippen LogP contribution in [0.15, 0.2) is 106 Å². The zero-order valence-electron chi connectivity index (χ0n) is 26.6.